The zero-order valence-electron chi connectivity index (χ0n) is 12.4. The fraction of sp³-hybridized carbons (Fsp3) is 0.353. The molecule has 0 saturated heterocycles. The minimum Gasteiger partial charge on any atom is -0.491 e. The lowest BCUT2D eigenvalue weighted by molar-refractivity contribution is 0.243. The first-order valence-corrected chi connectivity index (χ1v) is 7.78. The molecule has 0 bridgehead atoms. The molecular weight excluding hydrogens is 268 g/mol. The van der Waals surface area contributed by atoms with Crippen molar-refractivity contribution in [3.8, 4) is 5.75 Å². The van der Waals surface area contributed by atoms with Crippen LogP contribution in [0.15, 0.2) is 23.0 Å². The molecule has 0 aliphatic carbocycles. The first-order chi connectivity index (χ1) is 9.56. The van der Waals surface area contributed by atoms with Gasteiger partial charge in [-0.15, -0.1) is 11.3 Å². The van der Waals surface area contributed by atoms with Crippen LogP contribution in [0.1, 0.15) is 34.1 Å². The van der Waals surface area contributed by atoms with Crippen LogP contribution in [0.3, 0.4) is 0 Å². The lowest BCUT2D eigenvalue weighted by Crippen LogP contribution is -2.37. The first-order valence-electron chi connectivity index (χ1n) is 6.96. The molecule has 1 aromatic carbocycles. The van der Waals surface area contributed by atoms with Crippen molar-refractivity contribution >= 4 is 33.6 Å². The van der Waals surface area contributed by atoms with E-state index in [-0.39, 0.29) is 11.5 Å². The van der Waals surface area contributed by atoms with E-state index >= 15 is 0 Å². The van der Waals surface area contributed by atoms with E-state index in [1.165, 1.54) is 0 Å². The average molecular weight is 288 g/mol. The van der Waals surface area contributed by atoms with Crippen molar-refractivity contribution in [1.29, 1.82) is 0 Å². The number of hydrogen-bond donors (Lipinski definition) is 0. The zero-order chi connectivity index (χ0) is 14.7. The van der Waals surface area contributed by atoms with E-state index in [0.29, 0.717) is 0 Å². The van der Waals surface area contributed by atoms with E-state index in [1.54, 1.807) is 11.3 Å². The molecular formula is C17H20O2S. The molecule has 0 aliphatic rings. The summed E-state index contributed by atoms with van der Waals surface area (Å²) in [6.45, 7) is 8.01. The van der Waals surface area contributed by atoms with Gasteiger partial charge in [0.05, 0.1) is 6.10 Å². The topological polar surface area (TPSA) is 26.3 Å². The molecule has 1 aromatic heterocycles. The van der Waals surface area contributed by atoms with Gasteiger partial charge in [0, 0.05) is 19.8 Å². The zero-order valence-corrected chi connectivity index (χ0v) is 13.2. The highest BCUT2D eigenvalue weighted by atomic mass is 32.1. The van der Waals surface area contributed by atoms with Gasteiger partial charge in [0.15, 0.2) is 5.43 Å². The van der Waals surface area contributed by atoms with Gasteiger partial charge in [-0.3, -0.25) is 4.79 Å². The highest BCUT2D eigenvalue weighted by Gasteiger charge is 2.05. The number of fused-ring (bicyclic) bond motifs is 1. The molecule has 2 aromatic rings. The second-order valence-corrected chi connectivity index (χ2v) is 6.02. The van der Waals surface area contributed by atoms with Gasteiger partial charge in [-0.25, -0.2) is 0 Å². The highest BCUT2D eigenvalue weighted by molar-refractivity contribution is 7.16. The van der Waals surface area contributed by atoms with Crippen LogP contribution in [-0.4, -0.2) is 6.10 Å². The summed E-state index contributed by atoms with van der Waals surface area (Å²) < 4.78 is 7.71. The molecule has 2 rings (SSSR count). The van der Waals surface area contributed by atoms with Crippen LogP contribution in [0.2, 0.25) is 0 Å². The molecule has 106 valence electrons. The van der Waals surface area contributed by atoms with Gasteiger partial charge in [-0.2, -0.15) is 0 Å². The lowest BCUT2D eigenvalue weighted by Gasteiger charge is -2.09. The van der Waals surface area contributed by atoms with E-state index in [9.17, 15) is 4.79 Å². The molecule has 0 aliphatic heterocycles. The standard InChI is InChI=1S/C17H20O2S/c1-5-7-13-15(6-2)20-16-10-12(19-11(3)4)8-9-14(16)17(13)18/h6-11H,5H2,1-4H3/b13-7+,15-6+. The smallest absolute Gasteiger partial charge is 0.195 e. The number of ether oxygens (including phenoxy) is 1. The Hall–Kier alpha value is -1.61. The molecule has 0 atom stereocenters. The Bertz CT molecular complexity index is 785. The van der Waals surface area contributed by atoms with E-state index < -0.39 is 0 Å². The van der Waals surface area contributed by atoms with Gasteiger partial charge >= 0.3 is 0 Å². The minimum atomic E-state index is 0.116. The van der Waals surface area contributed by atoms with E-state index in [2.05, 4.69) is 0 Å². The van der Waals surface area contributed by atoms with Gasteiger partial charge in [-0.1, -0.05) is 19.1 Å². The Balaban J connectivity index is 2.77. The van der Waals surface area contributed by atoms with Gasteiger partial charge < -0.3 is 4.74 Å². The van der Waals surface area contributed by atoms with Crippen molar-refractivity contribution in [2.45, 2.75) is 40.2 Å². The largest absolute Gasteiger partial charge is 0.491 e. The predicted molar refractivity (Wildman–Crippen MR) is 88.0 cm³/mol. The monoisotopic (exact) mass is 288 g/mol. The van der Waals surface area contributed by atoms with Crippen LogP contribution < -0.4 is 19.9 Å². The first kappa shape index (κ1) is 14.8. The Morgan fingerprint density at radius 2 is 2.10 bits per heavy atom. The van der Waals surface area contributed by atoms with Crippen molar-refractivity contribution in [3.63, 3.8) is 0 Å². The fourth-order valence-electron chi connectivity index (χ4n) is 2.16. The third kappa shape index (κ3) is 2.93. The average Bonchev–Trinajstić information content (AvgIpc) is 2.41. The van der Waals surface area contributed by atoms with Crippen LogP contribution in [-0.2, 0) is 0 Å². The second-order valence-electron chi connectivity index (χ2n) is 4.93. The summed E-state index contributed by atoms with van der Waals surface area (Å²) in [6, 6.07) is 5.71. The van der Waals surface area contributed by atoms with Crippen LogP contribution in [0.25, 0.3) is 22.2 Å². The molecule has 0 fully saturated rings. The molecule has 3 heteroatoms. The summed E-state index contributed by atoms with van der Waals surface area (Å²) in [5.41, 5.74) is 0.116. The van der Waals surface area contributed by atoms with Gasteiger partial charge in [0.2, 0.25) is 0 Å². The number of benzene rings is 1. The van der Waals surface area contributed by atoms with E-state index in [1.807, 2.05) is 58.0 Å². The van der Waals surface area contributed by atoms with Crippen LogP contribution in [0, 0.1) is 0 Å². The van der Waals surface area contributed by atoms with Crippen molar-refractivity contribution in [2.24, 2.45) is 0 Å². The fourth-order valence-corrected chi connectivity index (χ4v) is 3.25. The molecule has 0 spiro atoms. The molecule has 2 nitrogen and oxygen atoms in total. The van der Waals surface area contributed by atoms with Crippen LogP contribution >= 0.6 is 11.3 Å². The molecule has 0 unspecified atom stereocenters. The third-order valence-electron chi connectivity index (χ3n) is 2.97. The molecule has 20 heavy (non-hydrogen) atoms. The van der Waals surface area contributed by atoms with Gasteiger partial charge in [0.25, 0.3) is 0 Å². The normalized spacial score (nSPS) is 13.4. The van der Waals surface area contributed by atoms with Crippen molar-refractivity contribution < 1.29 is 4.74 Å². The number of rotatable bonds is 3. The van der Waals surface area contributed by atoms with Gasteiger partial charge in [-0.05, 0) is 45.4 Å². The quantitative estimate of drug-likeness (QED) is 0.868. The maximum atomic E-state index is 12.5. The summed E-state index contributed by atoms with van der Waals surface area (Å²) in [4.78, 5) is 12.5. The third-order valence-corrected chi connectivity index (χ3v) is 4.20. The molecule has 0 radical (unpaired) electrons. The Morgan fingerprint density at radius 1 is 1.35 bits per heavy atom. The van der Waals surface area contributed by atoms with Crippen LogP contribution in [0.4, 0.5) is 0 Å². The van der Waals surface area contributed by atoms with E-state index in [4.69, 9.17) is 4.74 Å². The highest BCUT2D eigenvalue weighted by Crippen LogP contribution is 2.20. The summed E-state index contributed by atoms with van der Waals surface area (Å²) in [5.74, 6) is 0.817. The summed E-state index contributed by atoms with van der Waals surface area (Å²) >= 11 is 1.64. The Kier molecular flexibility index (Phi) is 4.61. The predicted octanol–water partition coefficient (Wildman–Crippen LogP) is 3.04. The molecule has 0 N–H and O–H groups in total. The minimum absolute atomic E-state index is 0.116. The van der Waals surface area contributed by atoms with E-state index in [0.717, 1.165) is 32.0 Å². The lowest BCUT2D eigenvalue weighted by atomic mass is 10.2. The van der Waals surface area contributed by atoms with Crippen molar-refractivity contribution in [2.75, 3.05) is 0 Å². The molecule has 1 heterocycles. The van der Waals surface area contributed by atoms with Crippen LogP contribution in [0.5, 0.6) is 5.75 Å². The molecule has 0 amide bonds. The Morgan fingerprint density at radius 3 is 2.70 bits per heavy atom. The molecule has 0 saturated carbocycles. The maximum Gasteiger partial charge on any atom is 0.195 e. The summed E-state index contributed by atoms with van der Waals surface area (Å²) in [6.07, 6.45) is 5.01. The summed E-state index contributed by atoms with van der Waals surface area (Å²) in [7, 11) is 0. The number of hydrogen-bond acceptors (Lipinski definition) is 3. The van der Waals surface area contributed by atoms with Crippen molar-refractivity contribution in [1.82, 2.24) is 0 Å². The van der Waals surface area contributed by atoms with Gasteiger partial charge in [0.1, 0.15) is 5.75 Å². The summed E-state index contributed by atoms with van der Waals surface area (Å²) in [5, 5.41) is 1.60. The SMILES string of the molecule is C/C=c1/sc2cc(OC(C)C)ccc2c(=O)/c1=C/CC. The van der Waals surface area contributed by atoms with Crippen molar-refractivity contribution in [3.05, 3.63) is 38.2 Å². The maximum absolute atomic E-state index is 12.5. The Labute approximate surface area is 123 Å². The second kappa shape index (κ2) is 6.23.